The average Bonchev–Trinajstić information content (AvgIpc) is 2.81. The Labute approximate surface area is 145 Å². The van der Waals surface area contributed by atoms with Crippen molar-refractivity contribution in [2.75, 3.05) is 22.0 Å². The van der Waals surface area contributed by atoms with Gasteiger partial charge in [0.2, 0.25) is 11.8 Å². The molecule has 0 radical (unpaired) electrons. The smallest absolute Gasteiger partial charge is 0.261 e. The second-order valence-corrected chi connectivity index (χ2v) is 7.47. The molecule has 0 aromatic heterocycles. The number of rotatable bonds is 4. The third-order valence-electron chi connectivity index (χ3n) is 3.89. The quantitative estimate of drug-likeness (QED) is 0.872. The van der Waals surface area contributed by atoms with Gasteiger partial charge in [-0.1, -0.05) is 0 Å². The molecule has 3 rings (SSSR count). The zero-order valence-electron chi connectivity index (χ0n) is 13.7. The highest BCUT2D eigenvalue weighted by Crippen LogP contribution is 2.30. The van der Waals surface area contributed by atoms with Crippen LogP contribution in [0.15, 0.2) is 47.4 Å². The molecule has 0 fully saturated rings. The van der Waals surface area contributed by atoms with Crippen molar-refractivity contribution in [3.63, 3.8) is 0 Å². The first-order valence-corrected chi connectivity index (χ1v) is 9.04. The Hall–Kier alpha value is -2.87. The van der Waals surface area contributed by atoms with Crippen molar-refractivity contribution >= 4 is 38.9 Å². The van der Waals surface area contributed by atoms with Gasteiger partial charge in [0.15, 0.2) is 0 Å². The van der Waals surface area contributed by atoms with E-state index in [1.807, 2.05) is 0 Å². The Morgan fingerprint density at radius 3 is 2.36 bits per heavy atom. The van der Waals surface area contributed by atoms with Crippen molar-refractivity contribution in [3.05, 3.63) is 48.0 Å². The van der Waals surface area contributed by atoms with Crippen LogP contribution in [0.1, 0.15) is 12.5 Å². The predicted octanol–water partition coefficient (Wildman–Crippen LogP) is 1.96. The summed E-state index contributed by atoms with van der Waals surface area (Å²) in [5, 5.41) is 2.58. The third kappa shape index (κ3) is 3.48. The van der Waals surface area contributed by atoms with E-state index in [0.29, 0.717) is 11.4 Å². The van der Waals surface area contributed by atoms with Crippen molar-refractivity contribution in [1.29, 1.82) is 0 Å². The highest BCUT2D eigenvalue weighted by atomic mass is 32.2. The van der Waals surface area contributed by atoms with Crippen LogP contribution < -0.4 is 14.9 Å². The minimum atomic E-state index is -3.76. The fourth-order valence-corrected chi connectivity index (χ4v) is 3.72. The van der Waals surface area contributed by atoms with Gasteiger partial charge in [0.25, 0.3) is 10.0 Å². The summed E-state index contributed by atoms with van der Waals surface area (Å²) in [5.74, 6) is -0.255. The molecule has 8 heteroatoms. The highest BCUT2D eigenvalue weighted by molar-refractivity contribution is 7.92. The van der Waals surface area contributed by atoms with E-state index in [1.54, 1.807) is 30.1 Å². The molecule has 2 aromatic rings. The normalized spacial score (nSPS) is 13.5. The molecule has 2 aromatic carbocycles. The number of carbonyl (C=O) groups is 2. The lowest BCUT2D eigenvalue weighted by atomic mass is 10.1. The van der Waals surface area contributed by atoms with Gasteiger partial charge in [-0.3, -0.25) is 14.3 Å². The summed E-state index contributed by atoms with van der Waals surface area (Å²) < 4.78 is 27.5. The molecular formula is C17H17N3O4S. The van der Waals surface area contributed by atoms with E-state index in [9.17, 15) is 18.0 Å². The summed E-state index contributed by atoms with van der Waals surface area (Å²) in [6.45, 7) is 1.38. The maximum atomic E-state index is 12.5. The summed E-state index contributed by atoms with van der Waals surface area (Å²) >= 11 is 0. The summed E-state index contributed by atoms with van der Waals surface area (Å²) in [4.78, 5) is 24.3. The van der Waals surface area contributed by atoms with Crippen LogP contribution in [0.3, 0.4) is 0 Å². The van der Waals surface area contributed by atoms with Gasteiger partial charge >= 0.3 is 0 Å². The van der Waals surface area contributed by atoms with Crippen molar-refractivity contribution in [2.24, 2.45) is 0 Å². The van der Waals surface area contributed by atoms with Crippen LogP contribution in [0, 0.1) is 0 Å². The maximum absolute atomic E-state index is 12.5. The van der Waals surface area contributed by atoms with Crippen LogP contribution >= 0.6 is 0 Å². The zero-order chi connectivity index (χ0) is 18.2. The fraction of sp³-hybridized carbons (Fsp3) is 0.176. The average molecular weight is 359 g/mol. The van der Waals surface area contributed by atoms with E-state index in [2.05, 4.69) is 10.0 Å². The molecule has 0 aliphatic carbocycles. The summed E-state index contributed by atoms with van der Waals surface area (Å²) in [5.41, 5.74) is 2.49. The van der Waals surface area contributed by atoms with E-state index in [0.717, 1.165) is 11.3 Å². The Kier molecular flexibility index (Phi) is 4.22. The van der Waals surface area contributed by atoms with E-state index < -0.39 is 10.0 Å². The summed E-state index contributed by atoms with van der Waals surface area (Å²) in [7, 11) is -2.08. The minimum absolute atomic E-state index is 0.0245. The Morgan fingerprint density at radius 2 is 1.72 bits per heavy atom. The van der Waals surface area contributed by atoms with Crippen molar-refractivity contribution < 1.29 is 18.0 Å². The molecule has 0 saturated carbocycles. The Morgan fingerprint density at radius 1 is 1.08 bits per heavy atom. The number of amides is 2. The van der Waals surface area contributed by atoms with Gasteiger partial charge in [-0.2, -0.15) is 0 Å². The van der Waals surface area contributed by atoms with Crippen LogP contribution in [0.4, 0.5) is 17.1 Å². The number of nitrogens with zero attached hydrogens (tertiary/aromatic N) is 1. The molecule has 1 heterocycles. The van der Waals surface area contributed by atoms with Gasteiger partial charge in [0.05, 0.1) is 11.3 Å². The van der Waals surface area contributed by atoms with Crippen LogP contribution in [0.25, 0.3) is 0 Å². The molecule has 0 saturated heterocycles. The van der Waals surface area contributed by atoms with E-state index in [-0.39, 0.29) is 23.1 Å². The van der Waals surface area contributed by atoms with Crippen LogP contribution in [0.2, 0.25) is 0 Å². The monoisotopic (exact) mass is 359 g/mol. The first kappa shape index (κ1) is 17.0. The van der Waals surface area contributed by atoms with Crippen molar-refractivity contribution in [3.8, 4) is 0 Å². The molecule has 0 bridgehead atoms. The summed E-state index contributed by atoms with van der Waals surface area (Å²) in [6.07, 6.45) is 0.257. The van der Waals surface area contributed by atoms with Gasteiger partial charge in [0.1, 0.15) is 0 Å². The SMILES string of the molecule is CC(=O)Nc1ccc(S(=O)(=O)Nc2ccc3c(c2)CC(=O)N3C)cc1. The van der Waals surface area contributed by atoms with E-state index in [1.165, 1.54) is 31.2 Å². The van der Waals surface area contributed by atoms with E-state index >= 15 is 0 Å². The molecule has 2 N–H and O–H groups in total. The standard InChI is InChI=1S/C17H17N3O4S/c1-11(21)18-13-3-6-15(7-4-13)25(23,24)19-14-5-8-16-12(9-14)10-17(22)20(16)2/h3-9,19H,10H2,1-2H3,(H,18,21). The number of fused-ring (bicyclic) bond motifs is 1. The number of hydrogen-bond acceptors (Lipinski definition) is 4. The van der Waals surface area contributed by atoms with Gasteiger partial charge < -0.3 is 10.2 Å². The first-order chi connectivity index (χ1) is 11.8. The molecular weight excluding hydrogens is 342 g/mol. The molecule has 7 nitrogen and oxygen atoms in total. The van der Waals surface area contributed by atoms with Crippen LogP contribution in [0.5, 0.6) is 0 Å². The number of benzene rings is 2. The molecule has 1 aliphatic heterocycles. The lowest BCUT2D eigenvalue weighted by Crippen LogP contribution is -2.20. The molecule has 25 heavy (non-hydrogen) atoms. The van der Waals surface area contributed by atoms with Gasteiger partial charge in [0, 0.05) is 31.0 Å². The molecule has 0 atom stereocenters. The number of anilines is 3. The highest BCUT2D eigenvalue weighted by Gasteiger charge is 2.24. The van der Waals surface area contributed by atoms with E-state index in [4.69, 9.17) is 0 Å². The lowest BCUT2D eigenvalue weighted by Gasteiger charge is -2.12. The first-order valence-electron chi connectivity index (χ1n) is 7.56. The zero-order valence-corrected chi connectivity index (χ0v) is 14.6. The predicted molar refractivity (Wildman–Crippen MR) is 95.1 cm³/mol. The number of likely N-dealkylation sites (N-methyl/N-ethyl adjacent to an activating group) is 1. The largest absolute Gasteiger partial charge is 0.326 e. The second kappa shape index (κ2) is 6.21. The second-order valence-electron chi connectivity index (χ2n) is 5.78. The summed E-state index contributed by atoms with van der Waals surface area (Å²) in [6, 6.07) is 10.9. The van der Waals surface area contributed by atoms with Crippen molar-refractivity contribution in [2.45, 2.75) is 18.2 Å². The molecule has 1 aliphatic rings. The Balaban J connectivity index is 1.81. The topological polar surface area (TPSA) is 95.6 Å². The fourth-order valence-electron chi connectivity index (χ4n) is 2.67. The number of sulfonamides is 1. The molecule has 0 spiro atoms. The van der Waals surface area contributed by atoms with Crippen molar-refractivity contribution in [1.82, 2.24) is 0 Å². The molecule has 130 valence electrons. The lowest BCUT2D eigenvalue weighted by molar-refractivity contribution is -0.117. The number of hydrogen-bond donors (Lipinski definition) is 2. The van der Waals surface area contributed by atoms with Gasteiger partial charge in [-0.25, -0.2) is 8.42 Å². The molecule has 0 unspecified atom stereocenters. The third-order valence-corrected chi connectivity index (χ3v) is 5.29. The number of carbonyl (C=O) groups excluding carboxylic acids is 2. The van der Waals surface area contributed by atoms with Gasteiger partial charge in [-0.15, -0.1) is 0 Å². The number of nitrogens with one attached hydrogen (secondary N) is 2. The maximum Gasteiger partial charge on any atom is 0.261 e. The molecule has 2 amide bonds. The Bertz CT molecular complexity index is 952. The van der Waals surface area contributed by atoms with Crippen LogP contribution in [-0.4, -0.2) is 27.3 Å². The van der Waals surface area contributed by atoms with Gasteiger partial charge in [-0.05, 0) is 48.0 Å². The van der Waals surface area contributed by atoms with Crippen LogP contribution in [-0.2, 0) is 26.0 Å². The minimum Gasteiger partial charge on any atom is -0.326 e.